The normalized spacial score (nSPS) is 15.4. The average Bonchev–Trinajstić information content (AvgIpc) is 3.21. The van der Waals surface area contributed by atoms with Crippen molar-refractivity contribution in [1.82, 2.24) is 20.1 Å². The summed E-state index contributed by atoms with van der Waals surface area (Å²) < 4.78 is 1.76. The largest absolute Gasteiger partial charge is 0.356 e. The molecule has 0 saturated heterocycles. The molecule has 2 heterocycles. The predicted octanol–water partition coefficient (Wildman–Crippen LogP) is 2.57. The summed E-state index contributed by atoms with van der Waals surface area (Å²) in [7, 11) is 0. The summed E-state index contributed by atoms with van der Waals surface area (Å²) in [6, 6.07) is 1.88. The molecule has 0 radical (unpaired) electrons. The molecule has 112 valence electrons. The van der Waals surface area contributed by atoms with Gasteiger partial charge in [-0.2, -0.15) is 5.10 Å². The van der Waals surface area contributed by atoms with Crippen LogP contribution in [0.2, 0.25) is 0 Å². The van der Waals surface area contributed by atoms with E-state index in [-0.39, 0.29) is 5.91 Å². The Kier molecular flexibility index (Phi) is 4.65. The van der Waals surface area contributed by atoms with E-state index in [1.165, 1.54) is 25.7 Å². The molecule has 6 heteroatoms. The van der Waals surface area contributed by atoms with Crippen molar-refractivity contribution >= 4 is 17.2 Å². The molecule has 2 aromatic heterocycles. The van der Waals surface area contributed by atoms with E-state index in [4.69, 9.17) is 0 Å². The van der Waals surface area contributed by atoms with Gasteiger partial charge >= 0.3 is 0 Å². The standard InChI is InChI=1S/C15H20N4OS/c20-14(10-12-4-1-2-5-12)16-8-6-13-11-21-15(18-13)19-9-3-7-17-19/h3,7,9,11-12H,1-2,4-6,8,10H2,(H,16,20). The van der Waals surface area contributed by atoms with Gasteiger partial charge in [0.15, 0.2) is 0 Å². The van der Waals surface area contributed by atoms with Crippen LogP contribution in [0.1, 0.15) is 37.8 Å². The first-order chi connectivity index (χ1) is 10.3. The van der Waals surface area contributed by atoms with Crippen molar-refractivity contribution in [2.45, 2.75) is 38.5 Å². The summed E-state index contributed by atoms with van der Waals surface area (Å²) in [6.07, 6.45) is 10.1. The average molecular weight is 304 g/mol. The molecule has 5 nitrogen and oxygen atoms in total. The van der Waals surface area contributed by atoms with Crippen molar-refractivity contribution in [3.63, 3.8) is 0 Å². The van der Waals surface area contributed by atoms with Gasteiger partial charge in [0.2, 0.25) is 11.0 Å². The molecule has 1 amide bonds. The van der Waals surface area contributed by atoms with Gasteiger partial charge in [-0.05, 0) is 24.8 Å². The predicted molar refractivity (Wildman–Crippen MR) is 82.5 cm³/mol. The number of hydrogen-bond acceptors (Lipinski definition) is 4. The van der Waals surface area contributed by atoms with E-state index in [2.05, 4.69) is 15.4 Å². The Balaban J connectivity index is 1.42. The van der Waals surface area contributed by atoms with E-state index in [0.717, 1.165) is 17.2 Å². The molecule has 1 aliphatic carbocycles. The fourth-order valence-electron chi connectivity index (χ4n) is 2.78. The summed E-state index contributed by atoms with van der Waals surface area (Å²) in [6.45, 7) is 0.661. The zero-order chi connectivity index (χ0) is 14.5. The molecule has 0 spiro atoms. The maximum atomic E-state index is 11.8. The third kappa shape index (κ3) is 3.91. The third-order valence-corrected chi connectivity index (χ3v) is 4.77. The van der Waals surface area contributed by atoms with E-state index in [9.17, 15) is 4.79 Å². The summed E-state index contributed by atoms with van der Waals surface area (Å²) in [5, 5.41) is 10.1. The number of carbonyl (C=O) groups is 1. The highest BCUT2D eigenvalue weighted by molar-refractivity contribution is 7.12. The van der Waals surface area contributed by atoms with Gasteiger partial charge in [0.05, 0.1) is 5.69 Å². The molecular formula is C15H20N4OS. The number of thiazole rings is 1. The van der Waals surface area contributed by atoms with Gasteiger partial charge in [0.25, 0.3) is 0 Å². The number of aromatic nitrogens is 3. The van der Waals surface area contributed by atoms with E-state index in [1.807, 2.05) is 17.6 Å². The molecule has 0 bridgehead atoms. The summed E-state index contributed by atoms with van der Waals surface area (Å²) in [5.41, 5.74) is 1.01. The molecule has 3 rings (SSSR count). The van der Waals surface area contributed by atoms with E-state index >= 15 is 0 Å². The minimum Gasteiger partial charge on any atom is -0.356 e. The lowest BCUT2D eigenvalue weighted by Gasteiger charge is -2.08. The summed E-state index contributed by atoms with van der Waals surface area (Å²) in [4.78, 5) is 16.4. The van der Waals surface area contributed by atoms with Crippen LogP contribution in [0.15, 0.2) is 23.8 Å². The minimum absolute atomic E-state index is 0.185. The van der Waals surface area contributed by atoms with Gasteiger partial charge in [-0.3, -0.25) is 4.79 Å². The van der Waals surface area contributed by atoms with E-state index in [0.29, 0.717) is 18.9 Å². The highest BCUT2D eigenvalue weighted by atomic mass is 32.1. The molecule has 0 aromatic carbocycles. The van der Waals surface area contributed by atoms with Crippen molar-refractivity contribution in [3.05, 3.63) is 29.5 Å². The number of carbonyl (C=O) groups excluding carboxylic acids is 1. The smallest absolute Gasteiger partial charge is 0.220 e. The maximum Gasteiger partial charge on any atom is 0.220 e. The monoisotopic (exact) mass is 304 g/mol. The molecule has 21 heavy (non-hydrogen) atoms. The van der Waals surface area contributed by atoms with Crippen molar-refractivity contribution in [3.8, 4) is 5.13 Å². The van der Waals surface area contributed by atoms with Gasteiger partial charge in [-0.15, -0.1) is 11.3 Å². The first-order valence-electron chi connectivity index (χ1n) is 7.52. The van der Waals surface area contributed by atoms with E-state index in [1.54, 1.807) is 22.2 Å². The second-order valence-corrected chi connectivity index (χ2v) is 6.36. The Labute approximate surface area is 128 Å². The topological polar surface area (TPSA) is 59.8 Å². The Hall–Kier alpha value is -1.69. The summed E-state index contributed by atoms with van der Waals surface area (Å²) in [5.74, 6) is 0.792. The SMILES string of the molecule is O=C(CC1CCCC1)NCCc1csc(-n2cccn2)n1. The van der Waals surface area contributed by atoms with Gasteiger partial charge in [0.1, 0.15) is 0 Å². The Morgan fingerprint density at radius 2 is 2.29 bits per heavy atom. The van der Waals surface area contributed by atoms with Crippen LogP contribution in [0.5, 0.6) is 0 Å². The Morgan fingerprint density at radius 3 is 3.05 bits per heavy atom. The molecule has 2 aromatic rings. The third-order valence-electron chi connectivity index (χ3n) is 3.89. The van der Waals surface area contributed by atoms with Crippen LogP contribution in [-0.4, -0.2) is 27.2 Å². The molecule has 0 aliphatic heterocycles. The molecule has 0 atom stereocenters. The van der Waals surface area contributed by atoms with Crippen LogP contribution in [0, 0.1) is 5.92 Å². The highest BCUT2D eigenvalue weighted by Crippen LogP contribution is 2.27. The minimum atomic E-state index is 0.185. The maximum absolute atomic E-state index is 11.8. The number of nitrogens with one attached hydrogen (secondary N) is 1. The zero-order valence-electron chi connectivity index (χ0n) is 12.0. The van der Waals surface area contributed by atoms with Gasteiger partial charge < -0.3 is 5.32 Å². The van der Waals surface area contributed by atoms with Gasteiger partial charge in [-0.1, -0.05) is 12.8 Å². The fraction of sp³-hybridized carbons (Fsp3) is 0.533. The van der Waals surface area contributed by atoms with Crippen LogP contribution in [0.4, 0.5) is 0 Å². The molecule has 1 aliphatic rings. The van der Waals surface area contributed by atoms with Gasteiger partial charge in [0, 0.05) is 37.2 Å². The van der Waals surface area contributed by atoms with Crippen molar-refractivity contribution in [1.29, 1.82) is 0 Å². The lowest BCUT2D eigenvalue weighted by Crippen LogP contribution is -2.27. The van der Waals surface area contributed by atoms with Crippen LogP contribution in [-0.2, 0) is 11.2 Å². The highest BCUT2D eigenvalue weighted by Gasteiger charge is 2.18. The Morgan fingerprint density at radius 1 is 1.43 bits per heavy atom. The number of nitrogens with zero attached hydrogens (tertiary/aromatic N) is 3. The van der Waals surface area contributed by atoms with Crippen molar-refractivity contribution < 1.29 is 4.79 Å². The quantitative estimate of drug-likeness (QED) is 0.892. The van der Waals surface area contributed by atoms with Gasteiger partial charge in [-0.25, -0.2) is 9.67 Å². The van der Waals surface area contributed by atoms with Crippen LogP contribution in [0.25, 0.3) is 5.13 Å². The fourth-order valence-corrected chi connectivity index (χ4v) is 3.58. The van der Waals surface area contributed by atoms with Crippen LogP contribution in [0.3, 0.4) is 0 Å². The molecule has 1 N–H and O–H groups in total. The van der Waals surface area contributed by atoms with Crippen molar-refractivity contribution in [2.24, 2.45) is 5.92 Å². The summed E-state index contributed by atoms with van der Waals surface area (Å²) >= 11 is 1.57. The molecule has 0 unspecified atom stereocenters. The zero-order valence-corrected chi connectivity index (χ0v) is 12.8. The van der Waals surface area contributed by atoms with Crippen molar-refractivity contribution in [2.75, 3.05) is 6.54 Å². The lowest BCUT2D eigenvalue weighted by molar-refractivity contribution is -0.121. The first kappa shape index (κ1) is 14.3. The Bertz CT molecular complexity index is 572. The first-order valence-corrected chi connectivity index (χ1v) is 8.40. The number of hydrogen-bond donors (Lipinski definition) is 1. The van der Waals surface area contributed by atoms with Crippen LogP contribution < -0.4 is 5.32 Å². The number of rotatable bonds is 6. The van der Waals surface area contributed by atoms with Crippen LogP contribution >= 0.6 is 11.3 Å². The molecule has 1 fully saturated rings. The second kappa shape index (κ2) is 6.85. The second-order valence-electron chi connectivity index (χ2n) is 5.53. The number of amides is 1. The molecule has 1 saturated carbocycles. The molecular weight excluding hydrogens is 284 g/mol. The lowest BCUT2D eigenvalue weighted by atomic mass is 10.0. The van der Waals surface area contributed by atoms with E-state index < -0.39 is 0 Å².